The van der Waals surface area contributed by atoms with E-state index < -0.39 is 23.1 Å². The molecule has 0 unspecified atom stereocenters. The highest BCUT2D eigenvalue weighted by Gasteiger charge is 2.42. The van der Waals surface area contributed by atoms with Gasteiger partial charge in [-0.15, -0.1) is 0 Å². The number of anilines is 1. The van der Waals surface area contributed by atoms with Crippen LogP contribution in [0.4, 0.5) is 10.2 Å². The zero-order valence-electron chi connectivity index (χ0n) is 19.3. The fourth-order valence-corrected chi connectivity index (χ4v) is 3.49. The van der Waals surface area contributed by atoms with Gasteiger partial charge < -0.3 is 14.9 Å². The monoisotopic (exact) mass is 520 g/mol. The summed E-state index contributed by atoms with van der Waals surface area (Å²) in [4.78, 5) is 29.6. The first kappa shape index (κ1) is 26.6. The summed E-state index contributed by atoms with van der Waals surface area (Å²) in [5.74, 6) is -4.71. The molecular weight excluding hydrogens is 498 g/mol. The number of rotatable bonds is 6. The Morgan fingerprint density at radius 1 is 1.11 bits per heavy atom. The molecule has 1 heterocycles. The smallest absolute Gasteiger partial charge is 0.327 e. The number of carbonyl (C=O) groups is 2. The van der Waals surface area contributed by atoms with Crippen LogP contribution >= 0.6 is 23.2 Å². The highest BCUT2D eigenvalue weighted by atomic mass is 35.5. The number of aromatic nitrogens is 1. The van der Waals surface area contributed by atoms with E-state index in [1.54, 1.807) is 0 Å². The Bertz CT molecular complexity index is 1270. The summed E-state index contributed by atoms with van der Waals surface area (Å²) < 4.78 is 19.9. The first-order chi connectivity index (χ1) is 16.3. The minimum absolute atomic E-state index is 0.105. The number of aldehydes is 1. The average molecular weight is 521 g/mol. The van der Waals surface area contributed by atoms with Crippen molar-refractivity contribution in [3.8, 4) is 16.9 Å². The standard InChI is InChI=1S/C25H23Cl2FN2O5/c1-24(2,3)25(33,34)35-20-11-15(16-10-14(13-31)8-9-17(16)26)12-29-22(20)30(4)23(32)21-18(27)6-5-7-19(21)28/h5-13,33-34H,1-4H3. The summed E-state index contributed by atoms with van der Waals surface area (Å²) in [6.45, 7) is 4.59. The van der Waals surface area contributed by atoms with E-state index >= 15 is 0 Å². The first-order valence-electron chi connectivity index (χ1n) is 10.4. The molecular formula is C25H23Cl2FN2O5. The number of ether oxygens (including phenoxy) is 1. The van der Waals surface area contributed by atoms with E-state index in [1.165, 1.54) is 70.4 Å². The molecule has 184 valence electrons. The zero-order valence-corrected chi connectivity index (χ0v) is 20.9. The molecule has 1 amide bonds. The van der Waals surface area contributed by atoms with Crippen LogP contribution in [0.2, 0.25) is 10.0 Å². The highest BCUT2D eigenvalue weighted by molar-refractivity contribution is 6.34. The van der Waals surface area contributed by atoms with Gasteiger partial charge in [-0.3, -0.25) is 14.5 Å². The largest absolute Gasteiger partial charge is 0.435 e. The minimum atomic E-state index is -2.68. The summed E-state index contributed by atoms with van der Waals surface area (Å²) in [6.07, 6.45) is 2.01. The number of hydrogen-bond donors (Lipinski definition) is 2. The van der Waals surface area contributed by atoms with Crippen LogP contribution in [-0.2, 0) is 0 Å². The molecule has 2 N–H and O–H groups in total. The van der Waals surface area contributed by atoms with E-state index in [4.69, 9.17) is 27.9 Å². The molecule has 0 saturated heterocycles. The third kappa shape index (κ3) is 5.46. The lowest BCUT2D eigenvalue weighted by molar-refractivity contribution is -0.345. The average Bonchev–Trinajstić information content (AvgIpc) is 2.77. The molecule has 0 bridgehead atoms. The van der Waals surface area contributed by atoms with E-state index in [1.807, 2.05) is 0 Å². The Morgan fingerprint density at radius 3 is 2.40 bits per heavy atom. The van der Waals surface area contributed by atoms with Crippen molar-refractivity contribution in [1.82, 2.24) is 4.98 Å². The maximum Gasteiger partial charge on any atom is 0.327 e. The van der Waals surface area contributed by atoms with Gasteiger partial charge in [0.2, 0.25) is 0 Å². The number of pyridine rings is 1. The van der Waals surface area contributed by atoms with E-state index in [9.17, 15) is 24.2 Å². The number of aliphatic hydroxyl groups is 2. The van der Waals surface area contributed by atoms with Gasteiger partial charge in [0.25, 0.3) is 5.91 Å². The van der Waals surface area contributed by atoms with E-state index in [0.29, 0.717) is 28.0 Å². The van der Waals surface area contributed by atoms with Gasteiger partial charge in [-0.1, -0.05) is 56.1 Å². The number of hydrogen-bond acceptors (Lipinski definition) is 6. The van der Waals surface area contributed by atoms with E-state index in [-0.39, 0.29) is 22.2 Å². The van der Waals surface area contributed by atoms with Crippen molar-refractivity contribution in [3.63, 3.8) is 0 Å². The molecule has 0 fully saturated rings. The van der Waals surface area contributed by atoms with Gasteiger partial charge in [0, 0.05) is 35.0 Å². The number of nitrogens with zero attached hydrogens (tertiary/aromatic N) is 2. The quantitative estimate of drug-likeness (QED) is 0.335. The number of carbonyl (C=O) groups excluding carboxylic acids is 2. The van der Waals surface area contributed by atoms with Crippen molar-refractivity contribution in [2.75, 3.05) is 11.9 Å². The van der Waals surface area contributed by atoms with Crippen LogP contribution in [0.3, 0.4) is 0 Å². The van der Waals surface area contributed by atoms with Gasteiger partial charge in [0.1, 0.15) is 12.1 Å². The van der Waals surface area contributed by atoms with Gasteiger partial charge in [0.05, 0.1) is 16.0 Å². The second-order valence-corrected chi connectivity index (χ2v) is 9.64. The molecule has 2 aromatic carbocycles. The molecule has 10 heteroatoms. The van der Waals surface area contributed by atoms with Crippen LogP contribution in [0.1, 0.15) is 41.5 Å². The molecule has 7 nitrogen and oxygen atoms in total. The number of benzene rings is 2. The lowest BCUT2D eigenvalue weighted by atomic mass is 9.93. The summed E-state index contributed by atoms with van der Waals surface area (Å²) in [5.41, 5.74) is -0.418. The first-order valence-corrected chi connectivity index (χ1v) is 11.1. The minimum Gasteiger partial charge on any atom is -0.435 e. The van der Waals surface area contributed by atoms with Crippen molar-refractivity contribution in [2.45, 2.75) is 26.7 Å². The van der Waals surface area contributed by atoms with Crippen LogP contribution in [0, 0.1) is 11.2 Å². The van der Waals surface area contributed by atoms with Crippen molar-refractivity contribution in [1.29, 1.82) is 0 Å². The Hall–Kier alpha value is -3.04. The topological polar surface area (TPSA) is 100.0 Å². The summed E-state index contributed by atoms with van der Waals surface area (Å²) >= 11 is 12.4. The van der Waals surface area contributed by atoms with Crippen LogP contribution in [0.25, 0.3) is 11.1 Å². The second kappa shape index (κ2) is 9.91. The van der Waals surface area contributed by atoms with Gasteiger partial charge in [0.15, 0.2) is 11.6 Å². The number of halogens is 3. The lowest BCUT2D eigenvalue weighted by Crippen LogP contribution is -2.48. The molecule has 35 heavy (non-hydrogen) atoms. The molecule has 0 atom stereocenters. The highest BCUT2D eigenvalue weighted by Crippen LogP contribution is 2.39. The molecule has 1 aromatic heterocycles. The molecule has 3 aromatic rings. The second-order valence-electron chi connectivity index (χ2n) is 8.82. The predicted molar refractivity (Wildman–Crippen MR) is 131 cm³/mol. The fraction of sp³-hybridized carbons (Fsp3) is 0.240. The van der Waals surface area contributed by atoms with Crippen molar-refractivity contribution in [2.24, 2.45) is 5.41 Å². The lowest BCUT2D eigenvalue weighted by Gasteiger charge is -2.35. The van der Waals surface area contributed by atoms with Crippen LogP contribution in [0.5, 0.6) is 5.75 Å². The Balaban J connectivity index is 2.17. The predicted octanol–water partition coefficient (Wildman–Crippen LogP) is 5.35. The van der Waals surface area contributed by atoms with Gasteiger partial charge in [-0.25, -0.2) is 9.37 Å². The molecule has 0 aliphatic heterocycles. The van der Waals surface area contributed by atoms with Gasteiger partial charge >= 0.3 is 5.97 Å². The maximum atomic E-state index is 14.4. The van der Waals surface area contributed by atoms with Crippen molar-refractivity contribution in [3.05, 3.63) is 75.7 Å². The third-order valence-electron chi connectivity index (χ3n) is 5.30. The Kier molecular flexibility index (Phi) is 7.52. The fourth-order valence-electron chi connectivity index (χ4n) is 3.02. The maximum absolute atomic E-state index is 14.4. The summed E-state index contributed by atoms with van der Waals surface area (Å²) in [5, 5.41) is 21.4. The van der Waals surface area contributed by atoms with Crippen molar-refractivity contribution >= 4 is 41.2 Å². The van der Waals surface area contributed by atoms with Crippen LogP contribution in [-0.4, -0.2) is 40.4 Å². The molecule has 0 saturated carbocycles. The molecule has 0 radical (unpaired) electrons. The van der Waals surface area contributed by atoms with Crippen molar-refractivity contribution < 1.29 is 28.9 Å². The third-order valence-corrected chi connectivity index (χ3v) is 5.94. The van der Waals surface area contributed by atoms with E-state index in [0.717, 1.165) is 11.0 Å². The van der Waals surface area contributed by atoms with Crippen LogP contribution in [0.15, 0.2) is 48.7 Å². The van der Waals surface area contributed by atoms with Gasteiger partial charge in [-0.05, 0) is 30.3 Å². The molecule has 0 aliphatic carbocycles. The Labute approximate surface area is 211 Å². The SMILES string of the molecule is CN(C(=O)c1c(F)cccc1Cl)c1ncc(-c2cc(C=O)ccc2Cl)cc1OC(O)(O)C(C)(C)C. The van der Waals surface area contributed by atoms with E-state index in [2.05, 4.69) is 4.98 Å². The normalized spacial score (nSPS) is 11.8. The van der Waals surface area contributed by atoms with Gasteiger partial charge in [-0.2, -0.15) is 0 Å². The van der Waals surface area contributed by atoms with Crippen LogP contribution < -0.4 is 9.64 Å². The summed E-state index contributed by atoms with van der Waals surface area (Å²) in [7, 11) is 1.31. The molecule has 3 rings (SSSR count). The molecule has 0 aliphatic rings. The molecule has 0 spiro atoms. The summed E-state index contributed by atoms with van der Waals surface area (Å²) in [6, 6.07) is 9.80. The number of amides is 1. The Morgan fingerprint density at radius 2 is 1.80 bits per heavy atom. The zero-order chi connectivity index (χ0) is 26.1.